The number of rotatable bonds is 2. The van der Waals surface area contributed by atoms with Crippen LogP contribution in [-0.4, -0.2) is 36.9 Å². The quantitative estimate of drug-likeness (QED) is 0.882. The molecule has 1 saturated heterocycles. The van der Waals surface area contributed by atoms with Gasteiger partial charge in [0.1, 0.15) is 0 Å². The second kappa shape index (κ2) is 6.59. The molecule has 0 spiro atoms. The molecule has 2 rings (SSSR count). The summed E-state index contributed by atoms with van der Waals surface area (Å²) >= 11 is 9.32. The summed E-state index contributed by atoms with van der Waals surface area (Å²) in [6.45, 7) is 1.15. The highest BCUT2D eigenvalue weighted by molar-refractivity contribution is 9.10. The van der Waals surface area contributed by atoms with Crippen molar-refractivity contribution in [2.45, 2.75) is 12.8 Å². The standard InChI is InChI=1S/C14H16BrClN2O2/c1-17-13(19)10-3-2-6-18(8-10)14(20)9-4-5-11(15)12(16)7-9/h4-5,7,10H,2-3,6,8H2,1H3,(H,17,19). The highest BCUT2D eigenvalue weighted by Crippen LogP contribution is 2.25. The molecular formula is C14H16BrClN2O2. The first kappa shape index (κ1) is 15.3. The second-order valence-corrected chi connectivity index (χ2v) is 6.09. The Labute approximate surface area is 131 Å². The molecule has 1 heterocycles. The lowest BCUT2D eigenvalue weighted by atomic mass is 9.96. The second-order valence-electron chi connectivity index (χ2n) is 4.83. The van der Waals surface area contributed by atoms with Crippen molar-refractivity contribution in [2.24, 2.45) is 5.92 Å². The molecule has 2 amide bonds. The summed E-state index contributed by atoms with van der Waals surface area (Å²) in [6, 6.07) is 5.15. The Bertz CT molecular complexity index is 536. The van der Waals surface area contributed by atoms with Crippen LogP contribution < -0.4 is 5.32 Å². The Hall–Kier alpha value is -1.07. The molecule has 1 aliphatic heterocycles. The topological polar surface area (TPSA) is 49.4 Å². The van der Waals surface area contributed by atoms with Gasteiger partial charge in [0.25, 0.3) is 5.91 Å². The maximum atomic E-state index is 12.4. The number of hydrogen-bond donors (Lipinski definition) is 1. The molecule has 6 heteroatoms. The molecule has 1 aromatic carbocycles. The predicted molar refractivity (Wildman–Crippen MR) is 81.8 cm³/mol. The van der Waals surface area contributed by atoms with E-state index in [2.05, 4.69) is 21.2 Å². The van der Waals surface area contributed by atoms with Crippen LogP contribution in [-0.2, 0) is 4.79 Å². The average molecular weight is 360 g/mol. The van der Waals surface area contributed by atoms with E-state index in [4.69, 9.17) is 11.6 Å². The molecule has 1 N–H and O–H groups in total. The molecule has 1 aliphatic rings. The van der Waals surface area contributed by atoms with E-state index in [0.29, 0.717) is 23.7 Å². The molecule has 20 heavy (non-hydrogen) atoms. The van der Waals surface area contributed by atoms with Gasteiger partial charge in [-0.05, 0) is 47.0 Å². The first-order valence-electron chi connectivity index (χ1n) is 6.49. The Balaban J connectivity index is 2.12. The molecule has 0 aliphatic carbocycles. The number of halogens is 2. The van der Waals surface area contributed by atoms with Gasteiger partial charge in [0.05, 0.1) is 10.9 Å². The van der Waals surface area contributed by atoms with Crippen LogP contribution in [0.15, 0.2) is 22.7 Å². The Morgan fingerprint density at radius 2 is 2.20 bits per heavy atom. The highest BCUT2D eigenvalue weighted by Gasteiger charge is 2.28. The van der Waals surface area contributed by atoms with Crippen molar-refractivity contribution in [3.63, 3.8) is 0 Å². The van der Waals surface area contributed by atoms with Crippen LogP contribution in [0.2, 0.25) is 5.02 Å². The van der Waals surface area contributed by atoms with Gasteiger partial charge in [-0.2, -0.15) is 0 Å². The van der Waals surface area contributed by atoms with Gasteiger partial charge in [0.15, 0.2) is 0 Å². The number of carbonyl (C=O) groups is 2. The highest BCUT2D eigenvalue weighted by atomic mass is 79.9. The number of benzene rings is 1. The monoisotopic (exact) mass is 358 g/mol. The van der Waals surface area contributed by atoms with E-state index in [1.165, 1.54) is 0 Å². The van der Waals surface area contributed by atoms with Crippen LogP contribution in [0.4, 0.5) is 0 Å². The summed E-state index contributed by atoms with van der Waals surface area (Å²) in [7, 11) is 1.62. The molecular weight excluding hydrogens is 344 g/mol. The molecule has 0 aromatic heterocycles. The summed E-state index contributed by atoms with van der Waals surface area (Å²) in [6.07, 6.45) is 1.67. The van der Waals surface area contributed by atoms with Gasteiger partial charge in [-0.1, -0.05) is 11.6 Å². The molecule has 0 bridgehead atoms. The Morgan fingerprint density at radius 1 is 1.45 bits per heavy atom. The number of piperidine rings is 1. The van der Waals surface area contributed by atoms with Crippen molar-refractivity contribution in [1.82, 2.24) is 10.2 Å². The van der Waals surface area contributed by atoms with Crippen LogP contribution in [0.1, 0.15) is 23.2 Å². The molecule has 1 unspecified atom stereocenters. The molecule has 1 fully saturated rings. The number of nitrogens with zero attached hydrogens (tertiary/aromatic N) is 1. The number of hydrogen-bond acceptors (Lipinski definition) is 2. The van der Waals surface area contributed by atoms with Gasteiger partial charge in [-0.25, -0.2) is 0 Å². The van der Waals surface area contributed by atoms with E-state index in [-0.39, 0.29) is 17.7 Å². The SMILES string of the molecule is CNC(=O)C1CCCN(C(=O)c2ccc(Br)c(Cl)c2)C1. The van der Waals surface area contributed by atoms with E-state index in [9.17, 15) is 9.59 Å². The van der Waals surface area contributed by atoms with Crippen LogP contribution in [0.5, 0.6) is 0 Å². The van der Waals surface area contributed by atoms with Gasteiger partial charge < -0.3 is 10.2 Å². The van der Waals surface area contributed by atoms with Gasteiger partial charge in [-0.3, -0.25) is 9.59 Å². The van der Waals surface area contributed by atoms with Crippen LogP contribution in [0.3, 0.4) is 0 Å². The zero-order valence-corrected chi connectivity index (χ0v) is 13.5. The van der Waals surface area contributed by atoms with Crippen molar-refractivity contribution in [3.8, 4) is 0 Å². The van der Waals surface area contributed by atoms with Crippen molar-refractivity contribution in [3.05, 3.63) is 33.3 Å². The normalized spacial score (nSPS) is 18.8. The minimum atomic E-state index is -0.122. The van der Waals surface area contributed by atoms with Gasteiger partial charge in [0.2, 0.25) is 5.91 Å². The first-order chi connectivity index (χ1) is 9.52. The third-order valence-electron chi connectivity index (χ3n) is 3.49. The minimum absolute atomic E-state index is 0.00339. The summed E-state index contributed by atoms with van der Waals surface area (Å²) in [5.41, 5.74) is 0.552. The van der Waals surface area contributed by atoms with Crippen LogP contribution >= 0.6 is 27.5 Å². The van der Waals surface area contributed by atoms with E-state index in [0.717, 1.165) is 17.3 Å². The number of carbonyl (C=O) groups excluding carboxylic acids is 2. The van der Waals surface area contributed by atoms with Gasteiger partial charge >= 0.3 is 0 Å². The van der Waals surface area contributed by atoms with Crippen molar-refractivity contribution in [1.29, 1.82) is 0 Å². The summed E-state index contributed by atoms with van der Waals surface area (Å²) in [5.74, 6) is -0.201. The third-order valence-corrected chi connectivity index (χ3v) is 4.72. The lowest BCUT2D eigenvalue weighted by Gasteiger charge is -2.32. The molecule has 0 radical (unpaired) electrons. The van der Waals surface area contributed by atoms with E-state index < -0.39 is 0 Å². The minimum Gasteiger partial charge on any atom is -0.359 e. The predicted octanol–water partition coefficient (Wildman–Crippen LogP) is 2.70. The molecule has 1 aromatic rings. The number of nitrogens with one attached hydrogen (secondary N) is 1. The van der Waals surface area contributed by atoms with Crippen LogP contribution in [0, 0.1) is 5.92 Å². The van der Waals surface area contributed by atoms with E-state index in [1.807, 2.05) is 0 Å². The van der Waals surface area contributed by atoms with Crippen molar-refractivity contribution in [2.75, 3.05) is 20.1 Å². The van der Waals surface area contributed by atoms with Crippen molar-refractivity contribution < 1.29 is 9.59 Å². The first-order valence-corrected chi connectivity index (χ1v) is 7.66. The fourth-order valence-corrected chi connectivity index (χ4v) is 2.82. The van der Waals surface area contributed by atoms with E-state index >= 15 is 0 Å². The molecule has 108 valence electrons. The van der Waals surface area contributed by atoms with Crippen molar-refractivity contribution >= 4 is 39.3 Å². The summed E-state index contributed by atoms with van der Waals surface area (Å²) in [5, 5.41) is 3.16. The Kier molecular flexibility index (Phi) is 5.05. The van der Waals surface area contributed by atoms with E-state index in [1.54, 1.807) is 30.1 Å². The maximum absolute atomic E-state index is 12.4. The summed E-state index contributed by atoms with van der Waals surface area (Å²) < 4.78 is 0.762. The molecule has 1 atom stereocenters. The molecule has 0 saturated carbocycles. The van der Waals surface area contributed by atoms with Gasteiger partial charge in [-0.15, -0.1) is 0 Å². The number of likely N-dealkylation sites (tertiary alicyclic amines) is 1. The smallest absolute Gasteiger partial charge is 0.253 e. The fourth-order valence-electron chi connectivity index (χ4n) is 2.39. The van der Waals surface area contributed by atoms with Gasteiger partial charge in [0, 0.05) is 30.2 Å². The lowest BCUT2D eigenvalue weighted by Crippen LogP contribution is -2.44. The average Bonchev–Trinajstić information content (AvgIpc) is 2.48. The largest absolute Gasteiger partial charge is 0.359 e. The zero-order chi connectivity index (χ0) is 14.7. The third kappa shape index (κ3) is 3.33. The summed E-state index contributed by atoms with van der Waals surface area (Å²) in [4.78, 5) is 25.9. The molecule has 4 nitrogen and oxygen atoms in total. The Morgan fingerprint density at radius 3 is 2.85 bits per heavy atom. The fraction of sp³-hybridized carbons (Fsp3) is 0.429. The number of amides is 2. The maximum Gasteiger partial charge on any atom is 0.253 e. The zero-order valence-electron chi connectivity index (χ0n) is 11.2. The lowest BCUT2D eigenvalue weighted by molar-refractivity contribution is -0.125. The van der Waals surface area contributed by atoms with Crippen LogP contribution in [0.25, 0.3) is 0 Å².